The second kappa shape index (κ2) is 9.65. The molecule has 0 fully saturated rings. The van der Waals surface area contributed by atoms with Crippen LogP contribution in [0.5, 0.6) is 5.75 Å². The number of carbonyl (C=O) groups excluding carboxylic acids is 3. The smallest absolute Gasteiger partial charge is 0.373 e. The van der Waals surface area contributed by atoms with E-state index in [1.807, 2.05) is 12.1 Å². The summed E-state index contributed by atoms with van der Waals surface area (Å²) in [7, 11) is 1.27. The third-order valence-electron chi connectivity index (χ3n) is 4.90. The number of hydroxylamine groups is 1. The van der Waals surface area contributed by atoms with E-state index in [4.69, 9.17) is 9.84 Å². The molecule has 3 N–H and O–H groups in total. The van der Waals surface area contributed by atoms with Crippen molar-refractivity contribution >= 4 is 51.8 Å². The number of aromatic carboxylic acids is 1. The van der Waals surface area contributed by atoms with Crippen LogP contribution in [0.1, 0.15) is 30.4 Å². The summed E-state index contributed by atoms with van der Waals surface area (Å²) in [6.45, 7) is 0. The van der Waals surface area contributed by atoms with E-state index >= 15 is 0 Å². The van der Waals surface area contributed by atoms with Crippen LogP contribution in [0.2, 0.25) is 0 Å². The highest BCUT2D eigenvalue weighted by atomic mass is 32.1. The van der Waals surface area contributed by atoms with Crippen LogP contribution in [0.3, 0.4) is 0 Å². The minimum atomic E-state index is -1.34. The van der Waals surface area contributed by atoms with Gasteiger partial charge in [0.25, 0.3) is 5.91 Å². The minimum Gasteiger partial charge on any atom is -0.496 e. The number of methoxy groups -OCH3 is 1. The number of carbonyl (C=O) groups is 4. The van der Waals surface area contributed by atoms with Gasteiger partial charge in [-0.25, -0.2) is 18.8 Å². The molecule has 2 amide bonds. The third kappa shape index (κ3) is 4.68. The number of carboxylic acids is 1. The molecule has 0 aliphatic carbocycles. The van der Waals surface area contributed by atoms with Crippen molar-refractivity contribution in [3.05, 3.63) is 81.9 Å². The lowest BCUT2D eigenvalue weighted by Crippen LogP contribution is -2.32. The maximum atomic E-state index is 14.6. The van der Waals surface area contributed by atoms with Crippen molar-refractivity contribution in [2.45, 2.75) is 0 Å². The Balaban J connectivity index is 1.53. The van der Waals surface area contributed by atoms with Crippen molar-refractivity contribution < 1.29 is 38.2 Å². The van der Waals surface area contributed by atoms with Gasteiger partial charge in [-0.2, -0.15) is 5.48 Å². The summed E-state index contributed by atoms with van der Waals surface area (Å²) >= 11 is 0.812. The molecule has 0 spiro atoms. The number of nitrogens with one attached hydrogen (secondary N) is 2. The molecule has 35 heavy (non-hydrogen) atoms. The van der Waals surface area contributed by atoms with Crippen molar-refractivity contribution in [1.29, 1.82) is 0 Å². The van der Waals surface area contributed by atoms with Crippen molar-refractivity contribution in [1.82, 2.24) is 10.0 Å². The van der Waals surface area contributed by atoms with Crippen LogP contribution in [-0.4, -0.2) is 40.7 Å². The van der Waals surface area contributed by atoms with Crippen LogP contribution in [0, 0.1) is 5.82 Å². The van der Waals surface area contributed by atoms with Gasteiger partial charge in [0, 0.05) is 17.6 Å². The van der Waals surface area contributed by atoms with Crippen molar-refractivity contribution in [2.75, 3.05) is 12.4 Å². The minimum absolute atomic E-state index is 0.0350. The van der Waals surface area contributed by atoms with Gasteiger partial charge in [0.2, 0.25) is 0 Å². The molecule has 2 aromatic heterocycles. The number of aromatic nitrogens is 1. The number of halogens is 1. The SMILES string of the molecule is COc1cc(F)c(NC(=O)NOC(=O)c2sccc2C(=O)O)cc1C(=O)n1ccc2ccccc21. The van der Waals surface area contributed by atoms with E-state index < -0.39 is 29.7 Å². The Bertz CT molecular complexity index is 1480. The second-order valence-corrected chi connectivity index (χ2v) is 7.91. The fraction of sp³-hybridized carbons (Fsp3) is 0.0435. The fourth-order valence-electron chi connectivity index (χ4n) is 3.30. The number of para-hydroxylation sites is 1. The summed E-state index contributed by atoms with van der Waals surface area (Å²) in [5, 5.41) is 13.4. The van der Waals surface area contributed by atoms with Crippen LogP contribution >= 0.6 is 11.3 Å². The van der Waals surface area contributed by atoms with Crippen molar-refractivity contribution in [3.8, 4) is 5.75 Å². The molecule has 0 aliphatic rings. The van der Waals surface area contributed by atoms with E-state index in [0.717, 1.165) is 28.9 Å². The number of urea groups is 1. The van der Waals surface area contributed by atoms with Crippen LogP contribution in [0.4, 0.5) is 14.9 Å². The van der Waals surface area contributed by atoms with Crippen LogP contribution < -0.4 is 15.5 Å². The summed E-state index contributed by atoms with van der Waals surface area (Å²) in [4.78, 5) is 53.0. The van der Waals surface area contributed by atoms with Crippen LogP contribution in [0.25, 0.3) is 10.9 Å². The molecular formula is C23H16FN3O7S. The Hall–Kier alpha value is -4.71. The number of anilines is 1. The predicted octanol–water partition coefficient (Wildman–Crippen LogP) is 4.13. The summed E-state index contributed by atoms with van der Waals surface area (Å²) in [5.41, 5.74) is 1.68. The number of rotatable bonds is 5. The largest absolute Gasteiger partial charge is 0.496 e. The first-order valence-electron chi connectivity index (χ1n) is 9.87. The van der Waals surface area contributed by atoms with E-state index in [1.165, 1.54) is 23.1 Å². The van der Waals surface area contributed by atoms with Crippen molar-refractivity contribution in [2.24, 2.45) is 0 Å². The molecule has 0 radical (unpaired) electrons. The summed E-state index contributed by atoms with van der Waals surface area (Å²) < 4.78 is 21.1. The van der Waals surface area contributed by atoms with Gasteiger partial charge >= 0.3 is 18.0 Å². The molecule has 0 bridgehead atoms. The lowest BCUT2D eigenvalue weighted by molar-refractivity contribution is 0.0340. The lowest BCUT2D eigenvalue weighted by Gasteiger charge is -2.13. The molecule has 0 unspecified atom stereocenters. The van der Waals surface area contributed by atoms with E-state index in [0.29, 0.717) is 5.52 Å². The summed E-state index contributed by atoms with van der Waals surface area (Å²) in [6.07, 6.45) is 1.56. The number of hydrogen-bond donors (Lipinski definition) is 3. The predicted molar refractivity (Wildman–Crippen MR) is 123 cm³/mol. The number of fused-ring (bicyclic) bond motifs is 1. The second-order valence-electron chi connectivity index (χ2n) is 7.00. The molecule has 2 heterocycles. The first kappa shape index (κ1) is 23.4. The van der Waals surface area contributed by atoms with E-state index in [-0.39, 0.29) is 27.4 Å². The Morgan fingerprint density at radius 2 is 1.83 bits per heavy atom. The quantitative estimate of drug-likeness (QED) is 0.353. The van der Waals surface area contributed by atoms with Gasteiger partial charge in [-0.15, -0.1) is 11.3 Å². The third-order valence-corrected chi connectivity index (χ3v) is 5.80. The van der Waals surface area contributed by atoms with Gasteiger partial charge in [-0.1, -0.05) is 18.2 Å². The average molecular weight is 497 g/mol. The first-order valence-corrected chi connectivity index (χ1v) is 10.8. The Kier molecular flexibility index (Phi) is 6.46. The number of hydrogen-bond acceptors (Lipinski definition) is 7. The monoisotopic (exact) mass is 497 g/mol. The molecule has 4 rings (SSSR count). The number of amides is 2. The van der Waals surface area contributed by atoms with Crippen molar-refractivity contribution in [3.63, 3.8) is 0 Å². The lowest BCUT2D eigenvalue weighted by atomic mass is 10.1. The van der Waals surface area contributed by atoms with Crippen LogP contribution in [0.15, 0.2) is 60.1 Å². The van der Waals surface area contributed by atoms with E-state index in [9.17, 15) is 23.6 Å². The van der Waals surface area contributed by atoms with Gasteiger partial charge < -0.3 is 20.0 Å². The molecule has 0 saturated carbocycles. The highest BCUT2D eigenvalue weighted by Crippen LogP contribution is 2.28. The highest BCUT2D eigenvalue weighted by molar-refractivity contribution is 7.12. The molecule has 178 valence electrons. The van der Waals surface area contributed by atoms with E-state index in [2.05, 4.69) is 10.2 Å². The molecule has 0 atom stereocenters. The average Bonchev–Trinajstić information content (AvgIpc) is 3.51. The number of thiophene rings is 1. The zero-order valence-corrected chi connectivity index (χ0v) is 18.7. The highest BCUT2D eigenvalue weighted by Gasteiger charge is 2.22. The standard InChI is InChI=1S/C23H16FN3O7S/c1-33-18-11-15(24)16(10-14(18)20(28)27-8-6-12-4-2-3-5-17(12)27)25-23(32)26-34-22(31)19-13(21(29)30)7-9-35-19/h2-11H,1H3,(H,29,30)(H2,25,26,32). The molecule has 4 aromatic rings. The summed E-state index contributed by atoms with van der Waals surface area (Å²) in [5.74, 6) is -3.95. The maximum absolute atomic E-state index is 14.6. The number of ether oxygens (including phenoxy) is 1. The van der Waals surface area contributed by atoms with Gasteiger partial charge in [-0.3, -0.25) is 9.36 Å². The Morgan fingerprint density at radius 1 is 1.06 bits per heavy atom. The molecule has 0 saturated heterocycles. The Morgan fingerprint density at radius 3 is 2.57 bits per heavy atom. The Labute approximate surface area is 200 Å². The first-order chi connectivity index (χ1) is 16.8. The normalized spacial score (nSPS) is 10.6. The molecule has 10 nitrogen and oxygen atoms in total. The van der Waals surface area contributed by atoms with E-state index in [1.54, 1.807) is 29.9 Å². The zero-order valence-electron chi connectivity index (χ0n) is 17.9. The zero-order chi connectivity index (χ0) is 25.1. The number of carboxylic acid groups (broad SMARTS) is 1. The van der Waals surface area contributed by atoms with Gasteiger partial charge in [0.15, 0.2) is 5.82 Å². The maximum Gasteiger partial charge on any atom is 0.373 e. The van der Waals surface area contributed by atoms with Crippen LogP contribution in [-0.2, 0) is 4.84 Å². The number of nitrogens with zero attached hydrogens (tertiary/aromatic N) is 1. The molecular weight excluding hydrogens is 481 g/mol. The van der Waals surface area contributed by atoms with Gasteiger partial charge in [0.05, 0.1) is 29.4 Å². The topological polar surface area (TPSA) is 136 Å². The fourth-order valence-corrected chi connectivity index (χ4v) is 4.06. The van der Waals surface area contributed by atoms with Gasteiger partial charge in [-0.05, 0) is 29.6 Å². The summed E-state index contributed by atoms with van der Waals surface area (Å²) in [6, 6.07) is 11.0. The molecule has 0 aliphatic heterocycles. The number of benzene rings is 2. The molecule has 2 aromatic carbocycles. The molecule has 12 heteroatoms. The van der Waals surface area contributed by atoms with Gasteiger partial charge in [0.1, 0.15) is 10.6 Å².